The molecule has 2 aromatic rings. The number of aliphatic carboxylic acids is 1. The van der Waals surface area contributed by atoms with Gasteiger partial charge in [-0.2, -0.15) is 0 Å². The minimum absolute atomic E-state index is 0.130. The number of hydrogen-bond donors (Lipinski definition) is 2. The fourth-order valence-corrected chi connectivity index (χ4v) is 1.80. The van der Waals surface area contributed by atoms with Crippen LogP contribution in [-0.4, -0.2) is 22.8 Å². The lowest BCUT2D eigenvalue weighted by molar-refractivity contribution is -0.131. The van der Waals surface area contributed by atoms with Gasteiger partial charge >= 0.3 is 5.97 Å². The number of rotatable bonds is 6. The third-order valence-corrected chi connectivity index (χ3v) is 2.86. The van der Waals surface area contributed by atoms with E-state index in [-0.39, 0.29) is 6.61 Å². The van der Waals surface area contributed by atoms with Crippen molar-refractivity contribution in [3.8, 4) is 11.5 Å². The molecule has 2 rings (SSSR count). The average molecular weight is 284 g/mol. The lowest BCUT2D eigenvalue weighted by Crippen LogP contribution is -1.90. The fourth-order valence-electron chi connectivity index (χ4n) is 1.80. The van der Waals surface area contributed by atoms with Crippen molar-refractivity contribution in [3.63, 3.8) is 0 Å². The second-order valence-corrected chi connectivity index (χ2v) is 4.46. The van der Waals surface area contributed by atoms with Gasteiger partial charge in [-0.25, -0.2) is 4.79 Å². The Labute approximate surface area is 122 Å². The number of carbonyl (C=O) groups is 1. The van der Waals surface area contributed by atoms with Crippen LogP contribution in [-0.2, 0) is 11.2 Å². The summed E-state index contributed by atoms with van der Waals surface area (Å²) in [5, 5.41) is 17.4. The minimum Gasteiger partial charge on any atom is -0.478 e. The predicted octanol–water partition coefficient (Wildman–Crippen LogP) is 3.11. The molecular formula is C17H16O4. The van der Waals surface area contributed by atoms with Gasteiger partial charge in [-0.3, -0.25) is 0 Å². The maximum atomic E-state index is 10.4. The Bertz CT molecular complexity index is 612. The number of benzene rings is 2. The standard InChI is InChI=1S/C17H16O4/c18-12-11-14-3-8-16(9-4-14)21-15-6-1-13(2-7-15)5-10-17(19)20/h1-10,18H,11-12H2,(H,19,20)/b10-5+. The van der Waals surface area contributed by atoms with E-state index in [2.05, 4.69) is 0 Å². The van der Waals surface area contributed by atoms with Crippen LogP contribution in [0.1, 0.15) is 11.1 Å². The minimum atomic E-state index is -0.974. The van der Waals surface area contributed by atoms with Crippen molar-refractivity contribution >= 4 is 12.0 Å². The maximum Gasteiger partial charge on any atom is 0.328 e. The van der Waals surface area contributed by atoms with Gasteiger partial charge in [0.2, 0.25) is 0 Å². The second-order valence-electron chi connectivity index (χ2n) is 4.46. The van der Waals surface area contributed by atoms with E-state index in [0.717, 1.165) is 17.2 Å². The lowest BCUT2D eigenvalue weighted by Gasteiger charge is -2.06. The highest BCUT2D eigenvalue weighted by atomic mass is 16.5. The van der Waals surface area contributed by atoms with Crippen molar-refractivity contribution in [2.75, 3.05) is 6.61 Å². The Kier molecular flexibility index (Phi) is 5.12. The van der Waals surface area contributed by atoms with Gasteiger partial charge < -0.3 is 14.9 Å². The fraction of sp³-hybridized carbons (Fsp3) is 0.118. The van der Waals surface area contributed by atoms with E-state index < -0.39 is 5.97 Å². The summed E-state index contributed by atoms with van der Waals surface area (Å²) in [5.74, 6) is 0.418. The van der Waals surface area contributed by atoms with Crippen molar-refractivity contribution in [2.45, 2.75) is 6.42 Å². The highest BCUT2D eigenvalue weighted by Gasteiger charge is 1.98. The number of ether oxygens (including phenoxy) is 1. The van der Waals surface area contributed by atoms with Gasteiger partial charge in [-0.15, -0.1) is 0 Å². The van der Waals surface area contributed by atoms with Gasteiger partial charge in [0.1, 0.15) is 11.5 Å². The molecule has 108 valence electrons. The summed E-state index contributed by atoms with van der Waals surface area (Å²) >= 11 is 0. The molecule has 4 heteroatoms. The van der Waals surface area contributed by atoms with Gasteiger partial charge in [-0.05, 0) is 47.9 Å². The Balaban J connectivity index is 2.01. The first kappa shape index (κ1) is 14.8. The van der Waals surface area contributed by atoms with E-state index in [1.807, 2.05) is 24.3 Å². The number of aliphatic hydroxyl groups is 1. The van der Waals surface area contributed by atoms with Crippen LogP contribution in [0.25, 0.3) is 6.08 Å². The normalized spacial score (nSPS) is 10.7. The third kappa shape index (κ3) is 4.78. The summed E-state index contributed by atoms with van der Waals surface area (Å²) in [6.45, 7) is 0.130. The van der Waals surface area contributed by atoms with Crippen LogP contribution < -0.4 is 4.74 Å². The highest BCUT2D eigenvalue weighted by Crippen LogP contribution is 2.22. The average Bonchev–Trinajstić information content (AvgIpc) is 2.49. The summed E-state index contributed by atoms with van der Waals surface area (Å²) in [7, 11) is 0. The number of hydrogen-bond acceptors (Lipinski definition) is 3. The van der Waals surface area contributed by atoms with Gasteiger partial charge in [0.05, 0.1) is 0 Å². The Morgan fingerprint density at radius 3 is 2.10 bits per heavy atom. The zero-order valence-corrected chi connectivity index (χ0v) is 11.4. The molecule has 0 amide bonds. The van der Waals surface area contributed by atoms with Gasteiger partial charge in [0.15, 0.2) is 0 Å². The summed E-state index contributed by atoms with van der Waals surface area (Å²) in [5.41, 5.74) is 1.85. The molecule has 0 bridgehead atoms. The molecule has 0 spiro atoms. The van der Waals surface area contributed by atoms with E-state index >= 15 is 0 Å². The Morgan fingerprint density at radius 2 is 1.57 bits per heavy atom. The van der Waals surface area contributed by atoms with Gasteiger partial charge in [-0.1, -0.05) is 24.3 Å². The molecule has 0 aliphatic heterocycles. The zero-order valence-electron chi connectivity index (χ0n) is 11.4. The summed E-state index contributed by atoms with van der Waals surface area (Å²) in [6, 6.07) is 14.7. The van der Waals surface area contributed by atoms with E-state index in [9.17, 15) is 4.79 Å². The molecule has 0 saturated heterocycles. The molecule has 0 atom stereocenters. The molecule has 0 unspecified atom stereocenters. The zero-order chi connectivity index (χ0) is 15.1. The first-order valence-corrected chi connectivity index (χ1v) is 6.56. The first-order chi connectivity index (χ1) is 10.2. The Morgan fingerprint density at radius 1 is 1.00 bits per heavy atom. The van der Waals surface area contributed by atoms with E-state index in [4.69, 9.17) is 14.9 Å². The molecule has 0 radical (unpaired) electrons. The molecular weight excluding hydrogens is 268 g/mol. The quantitative estimate of drug-likeness (QED) is 0.800. The molecule has 0 heterocycles. The number of carboxylic acid groups (broad SMARTS) is 1. The molecule has 4 nitrogen and oxygen atoms in total. The first-order valence-electron chi connectivity index (χ1n) is 6.56. The van der Waals surface area contributed by atoms with Crippen molar-refractivity contribution in [1.82, 2.24) is 0 Å². The molecule has 2 aromatic carbocycles. The summed E-state index contributed by atoms with van der Waals surface area (Å²) in [4.78, 5) is 10.4. The van der Waals surface area contributed by atoms with E-state index in [1.165, 1.54) is 6.08 Å². The van der Waals surface area contributed by atoms with Crippen molar-refractivity contribution in [2.24, 2.45) is 0 Å². The molecule has 0 fully saturated rings. The van der Waals surface area contributed by atoms with E-state index in [1.54, 1.807) is 24.3 Å². The molecule has 2 N–H and O–H groups in total. The summed E-state index contributed by atoms with van der Waals surface area (Å²) in [6.07, 6.45) is 3.25. The van der Waals surface area contributed by atoms with Crippen molar-refractivity contribution in [3.05, 3.63) is 65.7 Å². The predicted molar refractivity (Wildman–Crippen MR) is 80.4 cm³/mol. The molecule has 0 aliphatic carbocycles. The maximum absolute atomic E-state index is 10.4. The van der Waals surface area contributed by atoms with Gasteiger partial charge in [0, 0.05) is 12.7 Å². The summed E-state index contributed by atoms with van der Waals surface area (Å²) < 4.78 is 5.69. The highest BCUT2D eigenvalue weighted by molar-refractivity contribution is 5.85. The number of aliphatic hydroxyl groups excluding tert-OH is 1. The largest absolute Gasteiger partial charge is 0.478 e. The van der Waals surface area contributed by atoms with Gasteiger partial charge in [0.25, 0.3) is 0 Å². The molecule has 21 heavy (non-hydrogen) atoms. The molecule has 0 aliphatic rings. The Hall–Kier alpha value is -2.59. The van der Waals surface area contributed by atoms with Crippen LogP contribution in [0.3, 0.4) is 0 Å². The second kappa shape index (κ2) is 7.26. The molecule has 0 aromatic heterocycles. The molecule has 0 saturated carbocycles. The van der Waals surface area contributed by atoms with E-state index in [0.29, 0.717) is 17.9 Å². The van der Waals surface area contributed by atoms with Crippen LogP contribution >= 0.6 is 0 Å². The van der Waals surface area contributed by atoms with Crippen LogP contribution in [0.2, 0.25) is 0 Å². The van der Waals surface area contributed by atoms with Crippen LogP contribution in [0.5, 0.6) is 11.5 Å². The smallest absolute Gasteiger partial charge is 0.328 e. The van der Waals surface area contributed by atoms with Crippen LogP contribution in [0, 0.1) is 0 Å². The lowest BCUT2D eigenvalue weighted by atomic mass is 10.1. The topological polar surface area (TPSA) is 66.8 Å². The van der Waals surface area contributed by atoms with Crippen molar-refractivity contribution in [1.29, 1.82) is 0 Å². The SMILES string of the molecule is O=C(O)/C=C/c1ccc(Oc2ccc(CCO)cc2)cc1. The number of carboxylic acids is 1. The van der Waals surface area contributed by atoms with Crippen LogP contribution in [0.4, 0.5) is 0 Å². The monoisotopic (exact) mass is 284 g/mol. The van der Waals surface area contributed by atoms with Crippen LogP contribution in [0.15, 0.2) is 54.6 Å². The third-order valence-electron chi connectivity index (χ3n) is 2.86. The van der Waals surface area contributed by atoms with Crippen molar-refractivity contribution < 1.29 is 19.7 Å².